The van der Waals surface area contributed by atoms with Gasteiger partial charge >= 0.3 is 0 Å². The van der Waals surface area contributed by atoms with E-state index >= 15 is 0 Å². The van der Waals surface area contributed by atoms with E-state index in [0.717, 1.165) is 13.0 Å². The summed E-state index contributed by atoms with van der Waals surface area (Å²) in [6, 6.07) is 2.18. The number of unbranched alkanes of at least 4 members (excludes halogenated alkanes) is 1. The van der Waals surface area contributed by atoms with Gasteiger partial charge in [-0.2, -0.15) is 17.0 Å². The fourth-order valence-electron chi connectivity index (χ4n) is 1.63. The summed E-state index contributed by atoms with van der Waals surface area (Å²) in [6.07, 6.45) is 7.93. The summed E-state index contributed by atoms with van der Waals surface area (Å²) in [6.45, 7) is 3.26. The molecule has 88 valence electrons. The largest absolute Gasteiger partial charge is 0.255 e. The van der Waals surface area contributed by atoms with Crippen molar-refractivity contribution in [2.75, 3.05) is 11.5 Å². The van der Waals surface area contributed by atoms with Gasteiger partial charge in [0.15, 0.2) is 0 Å². The maximum Gasteiger partial charge on any atom is 0.255 e. The van der Waals surface area contributed by atoms with Gasteiger partial charge in [-0.1, -0.05) is 6.92 Å². The van der Waals surface area contributed by atoms with Crippen LogP contribution in [0.25, 0.3) is 0 Å². The van der Waals surface area contributed by atoms with E-state index in [-0.39, 0.29) is 0 Å². The minimum Gasteiger partial charge on any atom is -0.248 e. The van der Waals surface area contributed by atoms with Gasteiger partial charge in [0.1, 0.15) is 12.4 Å². The van der Waals surface area contributed by atoms with Crippen molar-refractivity contribution in [2.45, 2.75) is 39.2 Å². The molecule has 0 aliphatic rings. The quantitative estimate of drug-likeness (QED) is 0.558. The number of H-pyrrole nitrogens is 1. The molecule has 0 saturated heterocycles. The number of hydrogen-bond donors (Lipinski definition) is 1. The number of nitrogens with one attached hydrogen (secondary N) is 1. The van der Waals surface area contributed by atoms with Gasteiger partial charge in [0.25, 0.3) is 5.82 Å². The third-order valence-electron chi connectivity index (χ3n) is 2.47. The van der Waals surface area contributed by atoms with E-state index in [1.807, 2.05) is 18.0 Å². The van der Waals surface area contributed by atoms with E-state index in [4.69, 9.17) is 5.26 Å². The van der Waals surface area contributed by atoms with Crippen molar-refractivity contribution < 1.29 is 4.57 Å². The summed E-state index contributed by atoms with van der Waals surface area (Å²) < 4.78 is 2.23. The molecule has 16 heavy (non-hydrogen) atoms. The molecule has 1 aromatic rings. The second-order valence-electron chi connectivity index (χ2n) is 3.66. The van der Waals surface area contributed by atoms with Crippen molar-refractivity contribution in [1.29, 1.82) is 5.26 Å². The molecule has 0 bridgehead atoms. The number of nitriles is 1. The number of nitrogens with zero attached hydrogens (tertiary/aromatic N) is 2. The predicted octanol–water partition coefficient (Wildman–Crippen LogP) is 2.29. The SMILES string of the molecule is CCSCCCC[n+]1cc[nH]c1CCC#N. The Kier molecular flexibility index (Phi) is 6.75. The molecule has 0 aliphatic heterocycles. The van der Waals surface area contributed by atoms with Crippen LogP contribution in [0.2, 0.25) is 0 Å². The summed E-state index contributed by atoms with van der Waals surface area (Å²) in [7, 11) is 0. The molecule has 1 aromatic heterocycles. The van der Waals surface area contributed by atoms with Crippen molar-refractivity contribution in [1.82, 2.24) is 4.98 Å². The Labute approximate surface area is 102 Å². The fraction of sp³-hybridized carbons (Fsp3) is 0.667. The molecule has 1 rings (SSSR count). The molecule has 0 spiro atoms. The maximum atomic E-state index is 8.55. The molecular weight excluding hydrogens is 218 g/mol. The van der Waals surface area contributed by atoms with Crippen molar-refractivity contribution in [3.8, 4) is 6.07 Å². The van der Waals surface area contributed by atoms with Crippen molar-refractivity contribution in [3.05, 3.63) is 18.2 Å². The molecule has 0 amide bonds. The van der Waals surface area contributed by atoms with Gasteiger partial charge in [0.05, 0.1) is 19.0 Å². The molecule has 0 radical (unpaired) electrons. The highest BCUT2D eigenvalue weighted by molar-refractivity contribution is 7.99. The fourth-order valence-corrected chi connectivity index (χ4v) is 2.32. The van der Waals surface area contributed by atoms with Crippen LogP contribution >= 0.6 is 11.8 Å². The van der Waals surface area contributed by atoms with Crippen LogP contribution in [0.3, 0.4) is 0 Å². The lowest BCUT2D eigenvalue weighted by molar-refractivity contribution is -0.703. The van der Waals surface area contributed by atoms with E-state index in [9.17, 15) is 0 Å². The van der Waals surface area contributed by atoms with E-state index in [0.29, 0.717) is 6.42 Å². The molecule has 3 nitrogen and oxygen atoms in total. The molecule has 0 aromatic carbocycles. The van der Waals surface area contributed by atoms with Crippen LogP contribution in [0.1, 0.15) is 32.0 Å². The van der Waals surface area contributed by atoms with Gasteiger partial charge in [-0.3, -0.25) is 0 Å². The van der Waals surface area contributed by atoms with Crippen LogP contribution in [0.15, 0.2) is 12.4 Å². The van der Waals surface area contributed by atoms with Gasteiger partial charge in [-0.05, 0) is 24.3 Å². The van der Waals surface area contributed by atoms with Crippen LogP contribution in [0.5, 0.6) is 0 Å². The van der Waals surface area contributed by atoms with Crippen LogP contribution in [-0.4, -0.2) is 16.5 Å². The standard InChI is InChI=1S/C12H19N3S/c1-2-16-11-4-3-9-15-10-8-14-12(15)6-5-7-13/h8,10H,2-6,9,11H2,1H3/p+1. The van der Waals surface area contributed by atoms with E-state index in [2.05, 4.69) is 28.7 Å². The predicted molar refractivity (Wildman–Crippen MR) is 67.2 cm³/mol. The van der Waals surface area contributed by atoms with Gasteiger partial charge in [-0.15, -0.1) is 0 Å². The second-order valence-corrected chi connectivity index (χ2v) is 5.06. The first-order chi connectivity index (χ1) is 7.88. The lowest BCUT2D eigenvalue weighted by Gasteiger charge is -2.00. The zero-order valence-electron chi connectivity index (χ0n) is 9.91. The number of aromatic amines is 1. The highest BCUT2D eigenvalue weighted by Gasteiger charge is 2.08. The van der Waals surface area contributed by atoms with Crippen LogP contribution < -0.4 is 4.57 Å². The van der Waals surface area contributed by atoms with E-state index < -0.39 is 0 Å². The lowest BCUT2D eigenvalue weighted by atomic mass is 10.3. The third-order valence-corrected chi connectivity index (χ3v) is 3.45. The minimum absolute atomic E-state index is 0.589. The summed E-state index contributed by atoms with van der Waals surface area (Å²) in [5.41, 5.74) is 0. The molecule has 0 fully saturated rings. The smallest absolute Gasteiger partial charge is 0.248 e. The number of aryl methyl sites for hydroxylation is 2. The van der Waals surface area contributed by atoms with Gasteiger partial charge in [0, 0.05) is 6.42 Å². The summed E-state index contributed by atoms with van der Waals surface area (Å²) in [4.78, 5) is 3.20. The normalized spacial score (nSPS) is 10.2. The Bertz CT molecular complexity index is 327. The molecule has 0 unspecified atom stereocenters. The molecule has 1 N–H and O–H groups in total. The Morgan fingerprint density at radius 3 is 3.12 bits per heavy atom. The number of hydrogen-bond acceptors (Lipinski definition) is 2. The first-order valence-electron chi connectivity index (χ1n) is 5.89. The third kappa shape index (κ3) is 4.71. The summed E-state index contributed by atoms with van der Waals surface area (Å²) in [5, 5.41) is 8.55. The highest BCUT2D eigenvalue weighted by Crippen LogP contribution is 2.03. The molecule has 0 saturated carbocycles. The Morgan fingerprint density at radius 1 is 1.50 bits per heavy atom. The Hall–Kier alpha value is -0.950. The Balaban J connectivity index is 2.25. The number of imidazole rings is 1. The molecule has 1 heterocycles. The van der Waals surface area contributed by atoms with Crippen LogP contribution in [0, 0.1) is 11.3 Å². The molecule has 0 aliphatic carbocycles. The summed E-state index contributed by atoms with van der Waals surface area (Å²) in [5.74, 6) is 3.64. The van der Waals surface area contributed by atoms with Crippen molar-refractivity contribution in [3.63, 3.8) is 0 Å². The summed E-state index contributed by atoms with van der Waals surface area (Å²) >= 11 is 2.00. The average Bonchev–Trinajstić information content (AvgIpc) is 2.74. The zero-order chi connectivity index (χ0) is 11.6. The van der Waals surface area contributed by atoms with Crippen LogP contribution in [0.4, 0.5) is 0 Å². The second kappa shape index (κ2) is 8.23. The first-order valence-corrected chi connectivity index (χ1v) is 7.04. The van der Waals surface area contributed by atoms with Crippen LogP contribution in [-0.2, 0) is 13.0 Å². The van der Waals surface area contributed by atoms with E-state index in [1.54, 1.807) is 0 Å². The van der Waals surface area contributed by atoms with Crippen molar-refractivity contribution >= 4 is 11.8 Å². The minimum atomic E-state index is 0.589. The highest BCUT2D eigenvalue weighted by atomic mass is 32.2. The monoisotopic (exact) mass is 238 g/mol. The number of thioether (sulfide) groups is 1. The molecule has 4 heteroatoms. The average molecular weight is 238 g/mol. The lowest BCUT2D eigenvalue weighted by Crippen LogP contribution is -2.36. The molecular formula is C12H20N3S+. The first kappa shape index (κ1) is 13.1. The molecule has 0 atom stereocenters. The van der Waals surface area contributed by atoms with Gasteiger partial charge in [-0.25, -0.2) is 9.55 Å². The Morgan fingerprint density at radius 2 is 2.38 bits per heavy atom. The van der Waals surface area contributed by atoms with Gasteiger partial charge in [0.2, 0.25) is 0 Å². The topological polar surface area (TPSA) is 43.5 Å². The van der Waals surface area contributed by atoms with Crippen molar-refractivity contribution in [2.24, 2.45) is 0 Å². The maximum absolute atomic E-state index is 8.55. The van der Waals surface area contributed by atoms with Gasteiger partial charge < -0.3 is 0 Å². The number of rotatable bonds is 8. The van der Waals surface area contributed by atoms with E-state index in [1.165, 1.54) is 30.2 Å². The number of aromatic nitrogens is 2. The zero-order valence-corrected chi connectivity index (χ0v) is 10.7.